The van der Waals surface area contributed by atoms with E-state index in [1.54, 1.807) is 6.20 Å². The van der Waals surface area contributed by atoms with E-state index in [2.05, 4.69) is 15.3 Å². The predicted octanol–water partition coefficient (Wildman–Crippen LogP) is 3.52. The van der Waals surface area contributed by atoms with Crippen LogP contribution < -0.4 is 5.32 Å². The van der Waals surface area contributed by atoms with E-state index >= 15 is 0 Å². The maximum Gasteiger partial charge on any atom is 0.149 e. The van der Waals surface area contributed by atoms with Crippen LogP contribution in [0.25, 0.3) is 11.0 Å². The molecule has 0 saturated heterocycles. The second kappa shape index (κ2) is 5.21. The zero-order chi connectivity index (χ0) is 13.9. The fraction of sp³-hybridized carbons (Fsp3) is 0.0667. The van der Waals surface area contributed by atoms with E-state index in [1.807, 2.05) is 24.3 Å². The molecular formula is C15H11F2N3. The van der Waals surface area contributed by atoms with Crippen molar-refractivity contribution in [2.75, 3.05) is 5.32 Å². The molecule has 0 bridgehead atoms. The summed E-state index contributed by atoms with van der Waals surface area (Å²) in [6.45, 7) is 0.320. The molecule has 0 atom stereocenters. The molecule has 5 heteroatoms. The molecule has 0 amide bonds. The number of fused-ring (bicyclic) bond motifs is 1. The van der Waals surface area contributed by atoms with E-state index in [1.165, 1.54) is 12.1 Å². The Bertz CT molecular complexity index is 759. The van der Waals surface area contributed by atoms with Crippen LogP contribution >= 0.6 is 0 Å². The molecule has 1 aromatic heterocycles. The summed E-state index contributed by atoms with van der Waals surface area (Å²) in [5.74, 6) is -1.22. The molecule has 1 N–H and O–H groups in total. The molecule has 100 valence electrons. The maximum atomic E-state index is 13.5. The molecule has 0 spiro atoms. The molecule has 0 aliphatic heterocycles. The first-order valence-corrected chi connectivity index (χ1v) is 6.12. The van der Waals surface area contributed by atoms with Crippen LogP contribution in [0, 0.1) is 11.6 Å². The van der Waals surface area contributed by atoms with E-state index < -0.39 is 11.6 Å². The summed E-state index contributed by atoms with van der Waals surface area (Å²) < 4.78 is 26.3. The maximum absolute atomic E-state index is 13.5. The Morgan fingerprint density at radius 2 is 1.80 bits per heavy atom. The van der Waals surface area contributed by atoms with E-state index in [0.29, 0.717) is 12.2 Å². The van der Waals surface area contributed by atoms with Crippen LogP contribution in [0.5, 0.6) is 0 Å². The SMILES string of the molecule is Fc1ccc(NCc2cnc3ccccc3n2)c(F)c1. The van der Waals surface area contributed by atoms with Crippen molar-refractivity contribution in [3.05, 3.63) is 66.0 Å². The van der Waals surface area contributed by atoms with Gasteiger partial charge in [0.15, 0.2) is 0 Å². The van der Waals surface area contributed by atoms with Crippen molar-refractivity contribution >= 4 is 16.7 Å². The Labute approximate surface area is 114 Å². The third kappa shape index (κ3) is 2.56. The highest BCUT2D eigenvalue weighted by Gasteiger charge is 2.04. The fourth-order valence-electron chi connectivity index (χ4n) is 1.90. The lowest BCUT2D eigenvalue weighted by molar-refractivity contribution is 0.585. The van der Waals surface area contributed by atoms with Crippen LogP contribution in [0.3, 0.4) is 0 Å². The molecule has 0 aliphatic rings. The van der Waals surface area contributed by atoms with Gasteiger partial charge in [0.05, 0.1) is 35.2 Å². The summed E-state index contributed by atoms with van der Waals surface area (Å²) in [4.78, 5) is 8.69. The first-order valence-electron chi connectivity index (χ1n) is 6.12. The third-order valence-electron chi connectivity index (χ3n) is 2.89. The van der Waals surface area contributed by atoms with Crippen molar-refractivity contribution in [1.29, 1.82) is 0 Å². The highest BCUT2D eigenvalue weighted by atomic mass is 19.1. The summed E-state index contributed by atoms with van der Waals surface area (Å²) in [7, 11) is 0. The largest absolute Gasteiger partial charge is 0.377 e. The van der Waals surface area contributed by atoms with Gasteiger partial charge in [0, 0.05) is 6.07 Å². The monoisotopic (exact) mass is 271 g/mol. The van der Waals surface area contributed by atoms with Crippen LogP contribution in [-0.2, 0) is 6.54 Å². The van der Waals surface area contributed by atoms with Crippen LogP contribution in [0.2, 0.25) is 0 Å². The minimum atomic E-state index is -0.626. The number of hydrogen-bond acceptors (Lipinski definition) is 3. The summed E-state index contributed by atoms with van der Waals surface area (Å²) in [6.07, 6.45) is 1.64. The number of nitrogens with one attached hydrogen (secondary N) is 1. The standard InChI is InChI=1S/C15H11F2N3/c16-10-5-6-13(12(17)7-10)18-8-11-9-19-14-3-1-2-4-15(14)20-11/h1-7,9,18H,8H2. The quantitative estimate of drug-likeness (QED) is 0.792. The Morgan fingerprint density at radius 3 is 2.60 bits per heavy atom. The van der Waals surface area contributed by atoms with E-state index in [-0.39, 0.29) is 5.69 Å². The van der Waals surface area contributed by atoms with Gasteiger partial charge < -0.3 is 5.32 Å². The smallest absolute Gasteiger partial charge is 0.149 e. The summed E-state index contributed by atoms with van der Waals surface area (Å²) in [5.41, 5.74) is 2.52. The van der Waals surface area contributed by atoms with Crippen molar-refractivity contribution in [2.24, 2.45) is 0 Å². The normalized spacial score (nSPS) is 10.7. The fourth-order valence-corrected chi connectivity index (χ4v) is 1.90. The minimum Gasteiger partial charge on any atom is -0.377 e. The molecule has 0 radical (unpaired) electrons. The summed E-state index contributed by atoms with van der Waals surface area (Å²) in [6, 6.07) is 10.9. The lowest BCUT2D eigenvalue weighted by atomic mass is 10.2. The van der Waals surface area contributed by atoms with Gasteiger partial charge in [0.25, 0.3) is 0 Å². The number of benzene rings is 2. The average molecular weight is 271 g/mol. The molecule has 1 heterocycles. The Hall–Kier alpha value is -2.56. The second-order valence-corrected chi connectivity index (χ2v) is 4.33. The number of halogens is 2. The molecule has 0 unspecified atom stereocenters. The zero-order valence-electron chi connectivity index (χ0n) is 10.5. The average Bonchev–Trinajstić information content (AvgIpc) is 2.46. The number of para-hydroxylation sites is 2. The van der Waals surface area contributed by atoms with Gasteiger partial charge >= 0.3 is 0 Å². The molecule has 3 rings (SSSR count). The lowest BCUT2D eigenvalue weighted by Gasteiger charge is -2.07. The van der Waals surface area contributed by atoms with Crippen LogP contribution in [-0.4, -0.2) is 9.97 Å². The van der Waals surface area contributed by atoms with Crippen molar-refractivity contribution in [3.8, 4) is 0 Å². The molecule has 20 heavy (non-hydrogen) atoms. The molecule has 2 aromatic carbocycles. The number of rotatable bonds is 3. The first-order chi connectivity index (χ1) is 9.72. The summed E-state index contributed by atoms with van der Waals surface area (Å²) in [5, 5.41) is 2.88. The van der Waals surface area contributed by atoms with Crippen LogP contribution in [0.15, 0.2) is 48.7 Å². The van der Waals surface area contributed by atoms with Gasteiger partial charge in [-0.05, 0) is 24.3 Å². The predicted molar refractivity (Wildman–Crippen MR) is 73.2 cm³/mol. The topological polar surface area (TPSA) is 37.8 Å². The number of anilines is 1. The summed E-state index contributed by atoms with van der Waals surface area (Å²) >= 11 is 0. The van der Waals surface area contributed by atoms with E-state index in [4.69, 9.17) is 0 Å². The van der Waals surface area contributed by atoms with E-state index in [9.17, 15) is 8.78 Å². The third-order valence-corrected chi connectivity index (χ3v) is 2.89. The number of aromatic nitrogens is 2. The second-order valence-electron chi connectivity index (χ2n) is 4.33. The highest BCUT2D eigenvalue weighted by Crippen LogP contribution is 2.16. The van der Waals surface area contributed by atoms with Crippen molar-refractivity contribution < 1.29 is 8.78 Å². The first kappa shape index (κ1) is 12.5. The van der Waals surface area contributed by atoms with Crippen molar-refractivity contribution in [1.82, 2.24) is 9.97 Å². The zero-order valence-corrected chi connectivity index (χ0v) is 10.5. The molecule has 3 nitrogen and oxygen atoms in total. The van der Waals surface area contributed by atoms with Gasteiger partial charge in [-0.2, -0.15) is 0 Å². The van der Waals surface area contributed by atoms with Crippen molar-refractivity contribution in [3.63, 3.8) is 0 Å². The van der Waals surface area contributed by atoms with Gasteiger partial charge in [-0.3, -0.25) is 4.98 Å². The lowest BCUT2D eigenvalue weighted by Crippen LogP contribution is -2.04. The molecular weight excluding hydrogens is 260 g/mol. The molecule has 3 aromatic rings. The van der Waals surface area contributed by atoms with Gasteiger partial charge in [0.1, 0.15) is 11.6 Å². The molecule has 0 fully saturated rings. The van der Waals surface area contributed by atoms with Crippen molar-refractivity contribution in [2.45, 2.75) is 6.54 Å². The molecule has 0 aliphatic carbocycles. The Kier molecular flexibility index (Phi) is 3.25. The van der Waals surface area contributed by atoms with Gasteiger partial charge in [-0.25, -0.2) is 13.8 Å². The van der Waals surface area contributed by atoms with Gasteiger partial charge in [-0.15, -0.1) is 0 Å². The minimum absolute atomic E-state index is 0.237. The number of hydrogen-bond donors (Lipinski definition) is 1. The van der Waals surface area contributed by atoms with E-state index in [0.717, 1.165) is 17.1 Å². The Balaban J connectivity index is 1.79. The molecule has 0 saturated carbocycles. The Morgan fingerprint density at radius 1 is 1.00 bits per heavy atom. The van der Waals surface area contributed by atoms with Crippen LogP contribution in [0.1, 0.15) is 5.69 Å². The highest BCUT2D eigenvalue weighted by molar-refractivity contribution is 5.73. The van der Waals surface area contributed by atoms with Crippen LogP contribution in [0.4, 0.5) is 14.5 Å². The van der Waals surface area contributed by atoms with Gasteiger partial charge in [-0.1, -0.05) is 12.1 Å². The number of nitrogens with zero attached hydrogens (tertiary/aromatic N) is 2. The van der Waals surface area contributed by atoms with Gasteiger partial charge in [0.2, 0.25) is 0 Å².